The molecule has 7 heteroatoms. The summed E-state index contributed by atoms with van der Waals surface area (Å²) in [6.45, 7) is 8.31. The zero-order chi connectivity index (χ0) is 21.2. The maximum absolute atomic E-state index is 4.58. The van der Waals surface area contributed by atoms with Gasteiger partial charge in [0.2, 0.25) is 0 Å². The second kappa shape index (κ2) is 11.0. The van der Waals surface area contributed by atoms with Gasteiger partial charge in [-0.05, 0) is 42.7 Å². The lowest BCUT2D eigenvalue weighted by Gasteiger charge is -2.19. The van der Waals surface area contributed by atoms with E-state index in [4.69, 9.17) is 0 Å². The molecule has 0 aliphatic carbocycles. The Morgan fingerprint density at radius 1 is 1.00 bits per heavy atom. The fourth-order valence-electron chi connectivity index (χ4n) is 3.29. The molecule has 0 unspecified atom stereocenters. The topological polar surface area (TPSA) is 70.4 Å². The van der Waals surface area contributed by atoms with Gasteiger partial charge in [-0.2, -0.15) is 5.10 Å². The molecule has 0 radical (unpaired) electrons. The molecule has 0 amide bonds. The molecule has 30 heavy (non-hydrogen) atoms. The van der Waals surface area contributed by atoms with Crippen molar-refractivity contribution in [2.24, 2.45) is 4.99 Å². The van der Waals surface area contributed by atoms with Gasteiger partial charge in [-0.15, -0.1) is 0 Å². The molecule has 2 aromatic heterocycles. The summed E-state index contributed by atoms with van der Waals surface area (Å²) in [4.78, 5) is 11.2. The number of hydrogen-bond donors (Lipinski definition) is 2. The minimum Gasteiger partial charge on any atom is -0.357 e. The highest BCUT2D eigenvalue weighted by atomic mass is 15.3. The largest absolute Gasteiger partial charge is 0.357 e. The number of nitrogens with one attached hydrogen (secondary N) is 2. The van der Waals surface area contributed by atoms with Crippen molar-refractivity contribution in [3.05, 3.63) is 77.7 Å². The van der Waals surface area contributed by atoms with Crippen LogP contribution >= 0.6 is 0 Å². The fraction of sp³-hybridized carbons (Fsp3) is 0.348. The number of rotatable bonds is 9. The number of guanidine groups is 1. The Morgan fingerprint density at radius 2 is 1.77 bits per heavy atom. The van der Waals surface area contributed by atoms with Crippen molar-refractivity contribution in [2.75, 3.05) is 25.0 Å². The van der Waals surface area contributed by atoms with Gasteiger partial charge in [0.1, 0.15) is 5.82 Å². The van der Waals surface area contributed by atoms with E-state index in [9.17, 15) is 0 Å². The number of aromatic nitrogens is 3. The zero-order valence-corrected chi connectivity index (χ0v) is 18.0. The van der Waals surface area contributed by atoms with Gasteiger partial charge in [0, 0.05) is 51.8 Å². The van der Waals surface area contributed by atoms with Crippen molar-refractivity contribution < 1.29 is 0 Å². The molecule has 0 saturated carbocycles. The van der Waals surface area contributed by atoms with E-state index in [-0.39, 0.29) is 0 Å². The van der Waals surface area contributed by atoms with Gasteiger partial charge < -0.3 is 15.5 Å². The molecular formula is C23H31N7. The van der Waals surface area contributed by atoms with Crippen LogP contribution in [-0.2, 0) is 19.6 Å². The summed E-state index contributed by atoms with van der Waals surface area (Å²) in [5.74, 6) is 1.77. The molecule has 0 aliphatic rings. The molecule has 0 saturated heterocycles. The van der Waals surface area contributed by atoms with E-state index in [1.54, 1.807) is 13.2 Å². The Hall–Kier alpha value is -3.35. The highest BCUT2D eigenvalue weighted by Crippen LogP contribution is 2.11. The van der Waals surface area contributed by atoms with Crippen LogP contribution in [-0.4, -0.2) is 40.9 Å². The number of nitrogens with zero attached hydrogens (tertiary/aromatic N) is 5. The monoisotopic (exact) mass is 405 g/mol. The first-order valence-electron chi connectivity index (χ1n) is 10.4. The third-order valence-electron chi connectivity index (χ3n) is 5.04. The average Bonchev–Trinajstić information content (AvgIpc) is 3.30. The van der Waals surface area contributed by atoms with Crippen LogP contribution in [0.1, 0.15) is 30.5 Å². The maximum atomic E-state index is 4.58. The summed E-state index contributed by atoms with van der Waals surface area (Å²) in [5, 5.41) is 11.1. The fourth-order valence-corrected chi connectivity index (χ4v) is 3.29. The summed E-state index contributed by atoms with van der Waals surface area (Å²) in [6, 6.07) is 14.5. The number of hydrogen-bond acceptors (Lipinski definition) is 4. The smallest absolute Gasteiger partial charge is 0.191 e. The summed E-state index contributed by atoms with van der Waals surface area (Å²) < 4.78 is 1.93. The van der Waals surface area contributed by atoms with Crippen molar-refractivity contribution in [3.8, 4) is 0 Å². The SMILES string of the molecule is CCN(CC)c1ccc(CNC(=NC)NCc2ccccc2Cn2cccn2)cn1. The number of pyridine rings is 1. The third-order valence-corrected chi connectivity index (χ3v) is 5.04. The quantitative estimate of drug-likeness (QED) is 0.423. The Balaban J connectivity index is 1.54. The Bertz CT molecular complexity index is 913. The van der Waals surface area contributed by atoms with Crippen molar-refractivity contribution in [1.29, 1.82) is 0 Å². The Morgan fingerprint density at radius 3 is 2.40 bits per heavy atom. The maximum Gasteiger partial charge on any atom is 0.191 e. The predicted molar refractivity (Wildman–Crippen MR) is 123 cm³/mol. The van der Waals surface area contributed by atoms with Crippen molar-refractivity contribution in [1.82, 2.24) is 25.4 Å². The number of anilines is 1. The van der Waals surface area contributed by atoms with Crippen LogP contribution in [0.2, 0.25) is 0 Å². The first-order chi connectivity index (χ1) is 14.7. The van der Waals surface area contributed by atoms with Gasteiger partial charge >= 0.3 is 0 Å². The minimum atomic E-state index is 0.667. The first kappa shape index (κ1) is 21.4. The van der Waals surface area contributed by atoms with Gasteiger partial charge in [-0.25, -0.2) is 4.98 Å². The standard InChI is InChI=1S/C23H31N7/c1-4-29(5-2)22-12-11-19(15-25-22)16-26-23(24-3)27-17-20-9-6-7-10-21(20)18-30-14-8-13-28-30/h6-15H,4-5,16-18H2,1-3H3,(H2,24,26,27). The molecule has 0 spiro atoms. The van der Waals surface area contributed by atoms with E-state index in [0.29, 0.717) is 13.1 Å². The second-order valence-electron chi connectivity index (χ2n) is 6.95. The highest BCUT2D eigenvalue weighted by Gasteiger charge is 2.06. The molecule has 3 rings (SSSR count). The molecule has 0 atom stereocenters. The van der Waals surface area contributed by atoms with Crippen LogP contribution in [0.3, 0.4) is 0 Å². The van der Waals surface area contributed by atoms with Gasteiger partial charge in [0.25, 0.3) is 0 Å². The van der Waals surface area contributed by atoms with Crippen LogP contribution in [0.5, 0.6) is 0 Å². The normalized spacial score (nSPS) is 11.4. The van der Waals surface area contributed by atoms with E-state index < -0.39 is 0 Å². The van der Waals surface area contributed by atoms with Crippen LogP contribution in [0.4, 0.5) is 5.82 Å². The summed E-state index contributed by atoms with van der Waals surface area (Å²) in [5.41, 5.74) is 3.58. The molecule has 0 bridgehead atoms. The summed E-state index contributed by atoms with van der Waals surface area (Å²) in [6.07, 6.45) is 5.70. The summed E-state index contributed by atoms with van der Waals surface area (Å²) >= 11 is 0. The zero-order valence-electron chi connectivity index (χ0n) is 18.0. The van der Waals surface area contributed by atoms with Crippen LogP contribution < -0.4 is 15.5 Å². The summed E-state index contributed by atoms with van der Waals surface area (Å²) in [7, 11) is 1.78. The van der Waals surface area contributed by atoms with Crippen LogP contribution in [0.25, 0.3) is 0 Å². The highest BCUT2D eigenvalue weighted by molar-refractivity contribution is 5.79. The van der Waals surface area contributed by atoms with Crippen LogP contribution in [0, 0.1) is 0 Å². The molecule has 158 valence electrons. The average molecular weight is 406 g/mol. The number of benzene rings is 1. The Labute approximate surface area is 178 Å². The van der Waals surface area contributed by atoms with E-state index >= 15 is 0 Å². The lowest BCUT2D eigenvalue weighted by molar-refractivity contribution is 0.677. The van der Waals surface area contributed by atoms with Crippen LogP contribution in [0.15, 0.2) is 66.0 Å². The molecule has 2 N–H and O–H groups in total. The van der Waals surface area contributed by atoms with Gasteiger partial charge in [0.05, 0.1) is 6.54 Å². The molecular weight excluding hydrogens is 374 g/mol. The third kappa shape index (κ3) is 5.83. The van der Waals surface area contributed by atoms with Crippen molar-refractivity contribution in [2.45, 2.75) is 33.5 Å². The van der Waals surface area contributed by atoms with E-state index in [0.717, 1.165) is 37.0 Å². The van der Waals surface area contributed by atoms with E-state index in [2.05, 4.69) is 80.9 Å². The van der Waals surface area contributed by atoms with Crippen molar-refractivity contribution >= 4 is 11.8 Å². The minimum absolute atomic E-state index is 0.667. The van der Waals surface area contributed by atoms with Crippen molar-refractivity contribution in [3.63, 3.8) is 0 Å². The lowest BCUT2D eigenvalue weighted by Crippen LogP contribution is -2.36. The molecule has 0 fully saturated rings. The first-order valence-corrected chi connectivity index (χ1v) is 10.4. The predicted octanol–water partition coefficient (Wildman–Crippen LogP) is 3.04. The second-order valence-corrected chi connectivity index (χ2v) is 6.95. The molecule has 3 aromatic rings. The lowest BCUT2D eigenvalue weighted by atomic mass is 10.1. The van der Waals surface area contributed by atoms with Gasteiger partial charge in [-0.3, -0.25) is 9.67 Å². The van der Waals surface area contributed by atoms with Gasteiger partial charge in [0.15, 0.2) is 5.96 Å². The molecule has 7 nitrogen and oxygen atoms in total. The number of aliphatic imine (C=N–C) groups is 1. The van der Waals surface area contributed by atoms with Gasteiger partial charge in [-0.1, -0.05) is 30.3 Å². The van der Waals surface area contributed by atoms with E-state index in [1.165, 1.54) is 11.1 Å². The molecule has 1 aromatic carbocycles. The van der Waals surface area contributed by atoms with E-state index in [1.807, 2.05) is 23.1 Å². The molecule has 0 aliphatic heterocycles. The molecule has 2 heterocycles. The Kier molecular flexibility index (Phi) is 7.83.